The Hall–Kier alpha value is -1.62. The number of hydrogen-bond donors (Lipinski definition) is 1. The number of nitrogens with zero attached hydrogens (tertiary/aromatic N) is 2. The highest BCUT2D eigenvalue weighted by Crippen LogP contribution is 2.24. The molecule has 1 aromatic carbocycles. The van der Waals surface area contributed by atoms with E-state index >= 15 is 0 Å². The van der Waals surface area contributed by atoms with Gasteiger partial charge >= 0.3 is 0 Å². The molecule has 0 radical (unpaired) electrons. The zero-order valence-electron chi connectivity index (χ0n) is 9.06. The molecule has 1 fully saturated rings. The molecule has 2 rings (SSSR count). The van der Waals surface area contributed by atoms with Crippen molar-refractivity contribution in [3.05, 3.63) is 34.4 Å². The molecular weight excluding hydrogens is 206 g/mol. The first kappa shape index (κ1) is 10.9. The highest BCUT2D eigenvalue weighted by Gasteiger charge is 2.16. The van der Waals surface area contributed by atoms with Gasteiger partial charge in [-0.05, 0) is 18.9 Å². The maximum absolute atomic E-state index is 10.8. The molecule has 0 saturated carbocycles. The monoisotopic (exact) mass is 221 g/mol. The first-order valence-electron chi connectivity index (χ1n) is 5.52. The van der Waals surface area contributed by atoms with Crippen LogP contribution in [0.4, 0.5) is 11.4 Å². The van der Waals surface area contributed by atoms with Crippen molar-refractivity contribution in [2.45, 2.75) is 19.3 Å². The lowest BCUT2D eigenvalue weighted by atomic mass is 10.2. The van der Waals surface area contributed by atoms with Crippen LogP contribution in [0.2, 0.25) is 0 Å². The average molecular weight is 221 g/mol. The highest BCUT2D eigenvalue weighted by atomic mass is 16.6. The molecule has 0 atom stereocenters. The molecule has 1 aliphatic rings. The van der Waals surface area contributed by atoms with Crippen molar-refractivity contribution in [1.29, 1.82) is 0 Å². The third-order valence-corrected chi connectivity index (χ3v) is 2.74. The van der Waals surface area contributed by atoms with Gasteiger partial charge in [0, 0.05) is 19.2 Å². The third kappa shape index (κ3) is 2.49. The molecule has 16 heavy (non-hydrogen) atoms. The normalized spacial score (nSPS) is 17.0. The Morgan fingerprint density at radius 3 is 2.56 bits per heavy atom. The number of hydrogen-bond acceptors (Lipinski definition) is 4. The molecule has 1 N–H and O–H groups in total. The number of hydrazine groups is 1. The fourth-order valence-electron chi connectivity index (χ4n) is 1.90. The summed E-state index contributed by atoms with van der Waals surface area (Å²) < 4.78 is 0. The summed E-state index contributed by atoms with van der Waals surface area (Å²) in [5.41, 5.74) is 3.83. The Kier molecular flexibility index (Phi) is 3.36. The van der Waals surface area contributed by atoms with Crippen LogP contribution in [0.3, 0.4) is 0 Å². The van der Waals surface area contributed by atoms with Gasteiger partial charge in [0.1, 0.15) is 5.69 Å². The molecule has 1 heterocycles. The number of benzene rings is 1. The molecule has 0 amide bonds. The molecule has 5 nitrogen and oxygen atoms in total. The lowest BCUT2D eigenvalue weighted by Crippen LogP contribution is -2.35. The van der Waals surface area contributed by atoms with E-state index in [1.165, 1.54) is 12.5 Å². The van der Waals surface area contributed by atoms with Crippen molar-refractivity contribution >= 4 is 11.4 Å². The minimum absolute atomic E-state index is 0.132. The van der Waals surface area contributed by atoms with Gasteiger partial charge in [-0.25, -0.2) is 5.01 Å². The molecule has 0 spiro atoms. The molecule has 5 heteroatoms. The van der Waals surface area contributed by atoms with Gasteiger partial charge in [-0.15, -0.1) is 0 Å². The Bertz CT molecular complexity index is 375. The van der Waals surface area contributed by atoms with E-state index in [1.807, 2.05) is 5.01 Å². The summed E-state index contributed by atoms with van der Waals surface area (Å²) in [6.07, 6.45) is 3.54. The summed E-state index contributed by atoms with van der Waals surface area (Å²) in [6, 6.07) is 6.75. The molecule has 0 aromatic heterocycles. The largest absolute Gasteiger partial charge is 0.313 e. The molecule has 1 aliphatic heterocycles. The van der Waals surface area contributed by atoms with Crippen LogP contribution in [0.25, 0.3) is 0 Å². The van der Waals surface area contributed by atoms with E-state index in [0.29, 0.717) is 5.69 Å². The van der Waals surface area contributed by atoms with E-state index in [4.69, 9.17) is 0 Å². The maximum Gasteiger partial charge on any atom is 0.293 e. The Labute approximate surface area is 94.2 Å². The van der Waals surface area contributed by atoms with Gasteiger partial charge < -0.3 is 5.43 Å². The average Bonchev–Trinajstić information content (AvgIpc) is 2.31. The molecular formula is C11H15N3O2. The van der Waals surface area contributed by atoms with Crippen LogP contribution in [0.1, 0.15) is 19.3 Å². The number of nitrogens with one attached hydrogen (secondary N) is 1. The first-order chi connectivity index (χ1) is 7.77. The number of rotatable bonds is 3. The summed E-state index contributed by atoms with van der Waals surface area (Å²) in [5.74, 6) is 0. The number of para-hydroxylation sites is 2. The Morgan fingerprint density at radius 2 is 1.88 bits per heavy atom. The van der Waals surface area contributed by atoms with E-state index in [-0.39, 0.29) is 10.6 Å². The van der Waals surface area contributed by atoms with E-state index < -0.39 is 0 Å². The summed E-state index contributed by atoms with van der Waals surface area (Å²) in [6.45, 7) is 1.90. The lowest BCUT2D eigenvalue weighted by Gasteiger charge is -2.27. The standard InChI is InChI=1S/C11H15N3O2/c15-14(16)11-7-3-2-6-10(11)12-13-8-4-1-5-9-13/h2-3,6-7,12H,1,4-5,8-9H2. The third-order valence-electron chi connectivity index (χ3n) is 2.74. The quantitative estimate of drug-likeness (QED) is 0.629. The minimum Gasteiger partial charge on any atom is -0.313 e. The van der Waals surface area contributed by atoms with Crippen LogP contribution in [0.5, 0.6) is 0 Å². The van der Waals surface area contributed by atoms with Crippen LogP contribution >= 0.6 is 0 Å². The van der Waals surface area contributed by atoms with Crippen LogP contribution in [-0.4, -0.2) is 23.0 Å². The van der Waals surface area contributed by atoms with Gasteiger partial charge in [0.2, 0.25) is 0 Å². The second-order valence-corrected chi connectivity index (χ2v) is 3.93. The number of nitro benzene ring substituents is 1. The van der Waals surface area contributed by atoms with Gasteiger partial charge in [-0.1, -0.05) is 18.6 Å². The lowest BCUT2D eigenvalue weighted by molar-refractivity contribution is -0.384. The highest BCUT2D eigenvalue weighted by molar-refractivity contribution is 5.60. The van der Waals surface area contributed by atoms with Gasteiger partial charge in [0.05, 0.1) is 4.92 Å². The van der Waals surface area contributed by atoms with Crippen molar-refractivity contribution in [3.8, 4) is 0 Å². The smallest absolute Gasteiger partial charge is 0.293 e. The van der Waals surface area contributed by atoms with Crippen LogP contribution < -0.4 is 5.43 Å². The summed E-state index contributed by atoms with van der Waals surface area (Å²) in [4.78, 5) is 10.5. The molecule has 1 saturated heterocycles. The second-order valence-electron chi connectivity index (χ2n) is 3.93. The minimum atomic E-state index is -0.355. The van der Waals surface area contributed by atoms with Crippen molar-refractivity contribution in [2.75, 3.05) is 18.5 Å². The van der Waals surface area contributed by atoms with Crippen molar-refractivity contribution in [3.63, 3.8) is 0 Å². The van der Waals surface area contributed by atoms with Gasteiger partial charge in [0.25, 0.3) is 5.69 Å². The molecule has 0 bridgehead atoms. The molecule has 86 valence electrons. The van der Waals surface area contributed by atoms with E-state index in [0.717, 1.165) is 25.9 Å². The predicted molar refractivity (Wildman–Crippen MR) is 62.1 cm³/mol. The number of anilines is 1. The van der Waals surface area contributed by atoms with E-state index in [9.17, 15) is 10.1 Å². The second kappa shape index (κ2) is 4.94. The van der Waals surface area contributed by atoms with Gasteiger partial charge in [0.15, 0.2) is 0 Å². The topological polar surface area (TPSA) is 58.4 Å². The van der Waals surface area contributed by atoms with Gasteiger partial charge in [-0.3, -0.25) is 10.1 Å². The maximum atomic E-state index is 10.8. The van der Waals surface area contributed by atoms with E-state index in [1.54, 1.807) is 18.2 Å². The first-order valence-corrected chi connectivity index (χ1v) is 5.52. The van der Waals surface area contributed by atoms with Crippen LogP contribution in [0.15, 0.2) is 24.3 Å². The fourth-order valence-corrected chi connectivity index (χ4v) is 1.90. The Morgan fingerprint density at radius 1 is 1.19 bits per heavy atom. The van der Waals surface area contributed by atoms with Crippen LogP contribution in [0, 0.1) is 10.1 Å². The fraction of sp³-hybridized carbons (Fsp3) is 0.455. The van der Waals surface area contributed by atoms with E-state index in [2.05, 4.69) is 5.43 Å². The van der Waals surface area contributed by atoms with Crippen molar-refractivity contribution < 1.29 is 4.92 Å². The molecule has 0 unspecified atom stereocenters. The molecule has 0 aliphatic carbocycles. The predicted octanol–water partition coefficient (Wildman–Crippen LogP) is 2.41. The van der Waals surface area contributed by atoms with Crippen molar-refractivity contribution in [1.82, 2.24) is 5.01 Å². The summed E-state index contributed by atoms with van der Waals surface area (Å²) in [5, 5.41) is 12.9. The SMILES string of the molecule is O=[N+]([O-])c1ccccc1NN1CCCCC1. The van der Waals surface area contributed by atoms with Crippen LogP contribution in [-0.2, 0) is 0 Å². The number of piperidine rings is 1. The summed E-state index contributed by atoms with van der Waals surface area (Å²) in [7, 11) is 0. The number of nitro groups is 1. The Balaban J connectivity index is 2.10. The molecule has 1 aromatic rings. The zero-order valence-corrected chi connectivity index (χ0v) is 9.06. The zero-order chi connectivity index (χ0) is 11.4. The summed E-state index contributed by atoms with van der Waals surface area (Å²) >= 11 is 0. The van der Waals surface area contributed by atoms with Crippen molar-refractivity contribution in [2.24, 2.45) is 0 Å². The van der Waals surface area contributed by atoms with Gasteiger partial charge in [-0.2, -0.15) is 0 Å².